The third-order valence-electron chi connectivity index (χ3n) is 4.69. The van der Waals surface area contributed by atoms with Gasteiger partial charge in [0.15, 0.2) is 11.5 Å². The number of benzene rings is 2. The van der Waals surface area contributed by atoms with Crippen LogP contribution < -0.4 is 14.4 Å². The van der Waals surface area contributed by atoms with E-state index in [2.05, 4.69) is 26.0 Å². The molecule has 0 radical (unpaired) electrons. The van der Waals surface area contributed by atoms with Crippen molar-refractivity contribution >= 4 is 11.6 Å². The zero-order valence-electron chi connectivity index (χ0n) is 16.2. The summed E-state index contributed by atoms with van der Waals surface area (Å²) in [4.78, 5) is 14.5. The Morgan fingerprint density at radius 3 is 2.19 bits per heavy atom. The Labute approximate surface area is 155 Å². The summed E-state index contributed by atoms with van der Waals surface area (Å²) in [5.74, 6) is 1.99. The number of hydrogen-bond donors (Lipinski definition) is 0. The van der Waals surface area contributed by atoms with Gasteiger partial charge in [-0.05, 0) is 60.7 Å². The van der Waals surface area contributed by atoms with Crippen LogP contribution in [0.1, 0.15) is 50.3 Å². The number of amides is 1. The monoisotopic (exact) mass is 353 g/mol. The van der Waals surface area contributed by atoms with Crippen molar-refractivity contribution in [1.82, 2.24) is 0 Å². The molecule has 26 heavy (non-hydrogen) atoms. The summed E-state index contributed by atoms with van der Waals surface area (Å²) >= 11 is 0. The number of nitrogens with zero attached hydrogens (tertiary/aromatic N) is 1. The lowest BCUT2D eigenvalue weighted by atomic mass is 9.97. The van der Waals surface area contributed by atoms with E-state index in [9.17, 15) is 4.79 Å². The molecule has 0 aliphatic carbocycles. The molecule has 4 nitrogen and oxygen atoms in total. The molecule has 0 unspecified atom stereocenters. The minimum absolute atomic E-state index is 0.0619. The maximum Gasteiger partial charge on any atom is 0.231 e. The van der Waals surface area contributed by atoms with Crippen LogP contribution in [0.3, 0.4) is 0 Å². The van der Waals surface area contributed by atoms with Crippen molar-refractivity contribution < 1.29 is 14.3 Å². The third kappa shape index (κ3) is 3.69. The molecule has 4 heteroatoms. The fraction of sp³-hybridized carbons (Fsp3) is 0.409. The number of carbonyl (C=O) groups is 1. The van der Waals surface area contributed by atoms with Crippen LogP contribution in [0.5, 0.6) is 11.5 Å². The van der Waals surface area contributed by atoms with E-state index in [0.29, 0.717) is 24.6 Å². The molecule has 0 atom stereocenters. The predicted octanol–water partition coefficient (Wildman–Crippen LogP) is 4.70. The summed E-state index contributed by atoms with van der Waals surface area (Å²) in [5, 5.41) is 0. The lowest BCUT2D eigenvalue weighted by Gasteiger charge is -2.30. The number of rotatable bonds is 5. The van der Waals surface area contributed by atoms with E-state index in [0.717, 1.165) is 22.6 Å². The first-order chi connectivity index (χ1) is 12.4. The molecule has 0 bridgehead atoms. The molecule has 0 aromatic heterocycles. The number of ether oxygens (including phenoxy) is 2. The lowest BCUT2D eigenvalue weighted by molar-refractivity contribution is -0.118. The van der Waals surface area contributed by atoms with Crippen LogP contribution in [0.2, 0.25) is 0 Å². The molecule has 3 rings (SSSR count). The van der Waals surface area contributed by atoms with Crippen molar-refractivity contribution in [3.8, 4) is 11.5 Å². The SMILES string of the molecule is COc1cc2c(cc1OC(C)C)CN(c1ccc(C(C)C)cc1)C(=O)C2. The molecule has 2 aromatic rings. The quantitative estimate of drug-likeness (QED) is 0.782. The van der Waals surface area contributed by atoms with Gasteiger partial charge in [0.05, 0.1) is 26.2 Å². The molecular formula is C22H27NO3. The van der Waals surface area contributed by atoms with Crippen molar-refractivity contribution in [3.05, 3.63) is 53.1 Å². The van der Waals surface area contributed by atoms with Gasteiger partial charge < -0.3 is 14.4 Å². The van der Waals surface area contributed by atoms with Gasteiger partial charge in [-0.2, -0.15) is 0 Å². The van der Waals surface area contributed by atoms with Crippen LogP contribution >= 0.6 is 0 Å². The third-order valence-corrected chi connectivity index (χ3v) is 4.69. The van der Waals surface area contributed by atoms with Gasteiger partial charge in [-0.3, -0.25) is 4.79 Å². The topological polar surface area (TPSA) is 38.8 Å². The smallest absolute Gasteiger partial charge is 0.231 e. The fourth-order valence-electron chi connectivity index (χ4n) is 3.25. The van der Waals surface area contributed by atoms with Gasteiger partial charge in [-0.15, -0.1) is 0 Å². The summed E-state index contributed by atoms with van der Waals surface area (Å²) in [6.45, 7) is 8.87. The molecule has 1 aliphatic rings. The van der Waals surface area contributed by atoms with Crippen LogP contribution in [0.15, 0.2) is 36.4 Å². The molecule has 138 valence electrons. The fourth-order valence-corrected chi connectivity index (χ4v) is 3.25. The second kappa shape index (κ2) is 7.40. The largest absolute Gasteiger partial charge is 0.493 e. The molecule has 0 spiro atoms. The highest BCUT2D eigenvalue weighted by Crippen LogP contribution is 2.35. The Hall–Kier alpha value is -2.49. The van der Waals surface area contributed by atoms with Crippen LogP contribution in [0, 0.1) is 0 Å². The molecule has 0 fully saturated rings. The van der Waals surface area contributed by atoms with Crippen molar-refractivity contribution in [1.29, 1.82) is 0 Å². The average Bonchev–Trinajstić information content (AvgIpc) is 2.60. The first-order valence-electron chi connectivity index (χ1n) is 9.15. The molecule has 1 amide bonds. The maximum absolute atomic E-state index is 12.7. The van der Waals surface area contributed by atoms with Gasteiger partial charge >= 0.3 is 0 Å². The second-order valence-electron chi connectivity index (χ2n) is 7.34. The van der Waals surface area contributed by atoms with Gasteiger partial charge in [0, 0.05) is 5.69 Å². The van der Waals surface area contributed by atoms with E-state index >= 15 is 0 Å². The molecule has 1 heterocycles. The van der Waals surface area contributed by atoms with Crippen molar-refractivity contribution in [3.63, 3.8) is 0 Å². The maximum atomic E-state index is 12.7. The normalized spacial score (nSPS) is 14.0. The molecule has 2 aromatic carbocycles. The minimum Gasteiger partial charge on any atom is -0.493 e. The first kappa shape index (κ1) is 18.3. The predicted molar refractivity (Wildman–Crippen MR) is 104 cm³/mol. The van der Waals surface area contributed by atoms with E-state index in [1.165, 1.54) is 5.56 Å². The van der Waals surface area contributed by atoms with E-state index in [1.807, 2.05) is 43.0 Å². The molecule has 1 aliphatic heterocycles. The number of hydrogen-bond acceptors (Lipinski definition) is 3. The van der Waals surface area contributed by atoms with Crippen molar-refractivity contribution in [2.45, 2.75) is 52.7 Å². The van der Waals surface area contributed by atoms with Gasteiger partial charge in [0.1, 0.15) is 0 Å². The highest BCUT2D eigenvalue weighted by Gasteiger charge is 2.26. The number of methoxy groups -OCH3 is 1. The minimum atomic E-state index is 0.0619. The molecular weight excluding hydrogens is 326 g/mol. The lowest BCUT2D eigenvalue weighted by Crippen LogP contribution is -2.36. The number of carbonyl (C=O) groups excluding carboxylic acids is 1. The Bertz CT molecular complexity index is 794. The van der Waals surface area contributed by atoms with Crippen LogP contribution in [0.25, 0.3) is 0 Å². The Kier molecular flexibility index (Phi) is 5.21. The molecule has 0 saturated heterocycles. The van der Waals surface area contributed by atoms with E-state index in [-0.39, 0.29) is 12.0 Å². The van der Waals surface area contributed by atoms with E-state index in [4.69, 9.17) is 9.47 Å². The zero-order valence-corrected chi connectivity index (χ0v) is 16.2. The van der Waals surface area contributed by atoms with Gasteiger partial charge in [0.2, 0.25) is 5.91 Å². The first-order valence-corrected chi connectivity index (χ1v) is 9.15. The summed E-state index contributed by atoms with van der Waals surface area (Å²) < 4.78 is 11.3. The van der Waals surface area contributed by atoms with Crippen LogP contribution in [-0.2, 0) is 17.8 Å². The highest BCUT2D eigenvalue weighted by molar-refractivity contribution is 5.96. The summed E-state index contributed by atoms with van der Waals surface area (Å²) in [6, 6.07) is 12.2. The molecule has 0 N–H and O–H groups in total. The average molecular weight is 353 g/mol. The zero-order chi connectivity index (χ0) is 18.8. The van der Waals surface area contributed by atoms with Gasteiger partial charge in [0.25, 0.3) is 0 Å². The number of anilines is 1. The van der Waals surface area contributed by atoms with Crippen LogP contribution in [-0.4, -0.2) is 19.1 Å². The van der Waals surface area contributed by atoms with Gasteiger partial charge in [-0.25, -0.2) is 0 Å². The second-order valence-corrected chi connectivity index (χ2v) is 7.34. The van der Waals surface area contributed by atoms with Crippen molar-refractivity contribution in [2.24, 2.45) is 0 Å². The standard InChI is InChI=1S/C22H27NO3/c1-14(2)16-6-8-19(9-7-16)23-13-18-11-21(26-15(3)4)20(25-5)10-17(18)12-22(23)24/h6-11,14-15H,12-13H2,1-5H3. The molecule has 0 saturated carbocycles. The summed E-state index contributed by atoms with van der Waals surface area (Å²) in [5.41, 5.74) is 4.33. The van der Waals surface area contributed by atoms with Crippen molar-refractivity contribution in [2.75, 3.05) is 12.0 Å². The number of fused-ring (bicyclic) bond motifs is 1. The van der Waals surface area contributed by atoms with E-state index < -0.39 is 0 Å². The Balaban J connectivity index is 1.91. The van der Waals surface area contributed by atoms with E-state index in [1.54, 1.807) is 7.11 Å². The van der Waals surface area contributed by atoms with Gasteiger partial charge in [-0.1, -0.05) is 26.0 Å². The Morgan fingerprint density at radius 2 is 1.62 bits per heavy atom. The summed E-state index contributed by atoms with van der Waals surface area (Å²) in [6.07, 6.45) is 0.436. The van der Waals surface area contributed by atoms with Crippen LogP contribution in [0.4, 0.5) is 5.69 Å². The summed E-state index contributed by atoms with van der Waals surface area (Å²) in [7, 11) is 1.63. The Morgan fingerprint density at radius 1 is 0.962 bits per heavy atom. The highest BCUT2D eigenvalue weighted by atomic mass is 16.5.